The first kappa shape index (κ1) is 23.2. The molecule has 2 rings (SSSR count). The summed E-state index contributed by atoms with van der Waals surface area (Å²) in [4.78, 5) is 23.8. The first-order valence-corrected chi connectivity index (χ1v) is 10.8. The van der Waals surface area contributed by atoms with E-state index >= 15 is 0 Å². The summed E-state index contributed by atoms with van der Waals surface area (Å²) in [5.74, 6) is 0.548. The van der Waals surface area contributed by atoms with Crippen LogP contribution in [0.5, 0.6) is 11.5 Å². The zero-order valence-electron chi connectivity index (χ0n) is 16.6. The minimum Gasteiger partial charge on any atom is -0.483 e. The minimum atomic E-state index is -0.480. The first-order chi connectivity index (χ1) is 13.8. The Morgan fingerprint density at radius 2 is 1.41 bits per heavy atom. The number of carbonyl (C=O) groups excluding carboxylic acids is 2. The summed E-state index contributed by atoms with van der Waals surface area (Å²) in [5.41, 5.74) is 6.92. The predicted molar refractivity (Wildman–Crippen MR) is 119 cm³/mol. The Kier molecular flexibility index (Phi) is 8.98. The van der Waals surface area contributed by atoms with Gasteiger partial charge in [0.25, 0.3) is 11.8 Å². The van der Waals surface area contributed by atoms with Gasteiger partial charge in [0.2, 0.25) is 0 Å². The number of carbonyl (C=O) groups is 2. The van der Waals surface area contributed by atoms with E-state index in [9.17, 15) is 9.59 Å². The van der Waals surface area contributed by atoms with E-state index in [2.05, 4.69) is 63.5 Å². The second kappa shape index (κ2) is 11.2. The highest BCUT2D eigenvalue weighted by Crippen LogP contribution is 2.29. The highest BCUT2D eigenvalue weighted by molar-refractivity contribution is 9.10. The molecule has 0 fully saturated rings. The molecule has 0 heterocycles. The molecule has 0 aromatic heterocycles. The molecule has 0 bridgehead atoms. The van der Waals surface area contributed by atoms with E-state index in [0.717, 1.165) is 26.5 Å². The number of amides is 2. The number of hydrogen-bond donors (Lipinski definition) is 2. The molecule has 0 saturated heterocycles. The summed E-state index contributed by atoms with van der Waals surface area (Å²) in [5, 5.41) is 0. The number of halogens is 2. The second-order valence-electron chi connectivity index (χ2n) is 6.64. The van der Waals surface area contributed by atoms with Crippen molar-refractivity contribution < 1.29 is 19.1 Å². The van der Waals surface area contributed by atoms with Gasteiger partial charge in [0, 0.05) is 0 Å². The van der Waals surface area contributed by atoms with Crippen molar-refractivity contribution >= 4 is 43.7 Å². The molecule has 2 amide bonds. The van der Waals surface area contributed by atoms with Gasteiger partial charge in [-0.1, -0.05) is 32.9 Å². The van der Waals surface area contributed by atoms with Gasteiger partial charge in [-0.3, -0.25) is 20.4 Å². The van der Waals surface area contributed by atoms with Crippen LogP contribution in [-0.4, -0.2) is 25.0 Å². The molecule has 2 aromatic rings. The lowest BCUT2D eigenvalue weighted by Gasteiger charge is -2.12. The Morgan fingerprint density at radius 1 is 0.897 bits per heavy atom. The largest absolute Gasteiger partial charge is 0.483 e. The van der Waals surface area contributed by atoms with Crippen LogP contribution in [0.25, 0.3) is 0 Å². The Hall–Kier alpha value is -2.06. The van der Waals surface area contributed by atoms with Gasteiger partial charge in [0.1, 0.15) is 11.5 Å². The Balaban J connectivity index is 1.74. The van der Waals surface area contributed by atoms with E-state index in [1.165, 1.54) is 0 Å². The standard InChI is InChI=1S/C21H24Br2N2O4/c1-4-14-5-7-18(16(22)9-14)28-11-20(26)24-25-21(27)12-29-19-8-6-15(13(2)3)10-17(19)23/h5-10,13H,4,11-12H2,1-3H3,(H,24,26)(H,25,27). The number of benzene rings is 2. The maximum atomic E-state index is 11.9. The molecule has 0 aliphatic carbocycles. The molecular weight excluding hydrogens is 504 g/mol. The Morgan fingerprint density at radius 3 is 1.86 bits per heavy atom. The van der Waals surface area contributed by atoms with Crippen LogP contribution < -0.4 is 20.3 Å². The number of rotatable bonds is 8. The van der Waals surface area contributed by atoms with Crippen LogP contribution in [0.3, 0.4) is 0 Å². The molecule has 2 aromatic carbocycles. The fourth-order valence-corrected chi connectivity index (χ4v) is 3.42. The average Bonchev–Trinajstić information content (AvgIpc) is 2.70. The van der Waals surface area contributed by atoms with Crippen LogP contribution in [0.2, 0.25) is 0 Å². The van der Waals surface area contributed by atoms with E-state index in [1.54, 1.807) is 12.1 Å². The molecule has 0 spiro atoms. The monoisotopic (exact) mass is 526 g/mol. The van der Waals surface area contributed by atoms with Gasteiger partial charge < -0.3 is 9.47 Å². The quantitative estimate of drug-likeness (QED) is 0.495. The lowest BCUT2D eigenvalue weighted by atomic mass is 10.0. The molecule has 0 unspecified atom stereocenters. The van der Waals surface area contributed by atoms with Crippen LogP contribution in [0.1, 0.15) is 37.8 Å². The first-order valence-electron chi connectivity index (χ1n) is 9.21. The summed E-state index contributed by atoms with van der Waals surface area (Å²) in [6.07, 6.45) is 0.909. The van der Waals surface area contributed by atoms with Crippen LogP contribution >= 0.6 is 31.9 Å². The molecule has 0 aliphatic heterocycles. The minimum absolute atomic E-state index is 0.229. The van der Waals surface area contributed by atoms with Crippen LogP contribution in [0.15, 0.2) is 45.3 Å². The number of hydrazine groups is 1. The number of hydrogen-bond acceptors (Lipinski definition) is 4. The molecule has 6 nitrogen and oxygen atoms in total. The maximum absolute atomic E-state index is 11.9. The molecule has 0 radical (unpaired) electrons. The smallest absolute Gasteiger partial charge is 0.276 e. The normalized spacial score (nSPS) is 10.6. The van der Waals surface area contributed by atoms with Crippen molar-refractivity contribution in [1.82, 2.24) is 10.9 Å². The van der Waals surface area contributed by atoms with Gasteiger partial charge in [0.15, 0.2) is 13.2 Å². The van der Waals surface area contributed by atoms with Crippen LogP contribution in [-0.2, 0) is 16.0 Å². The van der Waals surface area contributed by atoms with Crippen molar-refractivity contribution in [2.24, 2.45) is 0 Å². The third kappa shape index (κ3) is 7.36. The summed E-state index contributed by atoms with van der Waals surface area (Å²) in [6, 6.07) is 11.4. The highest BCUT2D eigenvalue weighted by atomic mass is 79.9. The molecule has 0 saturated carbocycles. The lowest BCUT2D eigenvalue weighted by Crippen LogP contribution is -2.45. The van der Waals surface area contributed by atoms with E-state index < -0.39 is 11.8 Å². The summed E-state index contributed by atoms with van der Waals surface area (Å²) >= 11 is 6.85. The van der Waals surface area contributed by atoms with Crippen molar-refractivity contribution in [3.8, 4) is 11.5 Å². The number of nitrogens with one attached hydrogen (secondary N) is 2. The van der Waals surface area contributed by atoms with Gasteiger partial charge in [0.05, 0.1) is 8.95 Å². The van der Waals surface area contributed by atoms with Crippen molar-refractivity contribution in [3.05, 3.63) is 56.5 Å². The lowest BCUT2D eigenvalue weighted by molar-refractivity contribution is -0.131. The molecule has 2 N–H and O–H groups in total. The Labute approximate surface area is 187 Å². The zero-order chi connectivity index (χ0) is 21.4. The average molecular weight is 528 g/mol. The van der Waals surface area contributed by atoms with Crippen molar-refractivity contribution in [3.63, 3.8) is 0 Å². The van der Waals surface area contributed by atoms with E-state index in [4.69, 9.17) is 9.47 Å². The predicted octanol–water partition coefficient (Wildman–Crippen LogP) is 4.50. The van der Waals surface area contributed by atoms with Crippen molar-refractivity contribution in [2.45, 2.75) is 33.1 Å². The third-order valence-electron chi connectivity index (χ3n) is 4.09. The number of aryl methyl sites for hydroxylation is 1. The van der Waals surface area contributed by atoms with Crippen molar-refractivity contribution in [2.75, 3.05) is 13.2 Å². The molecular formula is C21H24Br2N2O4. The summed E-state index contributed by atoms with van der Waals surface area (Å²) in [7, 11) is 0. The van der Waals surface area contributed by atoms with Gasteiger partial charge in [-0.05, 0) is 79.6 Å². The SMILES string of the molecule is CCc1ccc(OCC(=O)NNC(=O)COc2ccc(C(C)C)cc2Br)c(Br)c1. The zero-order valence-corrected chi connectivity index (χ0v) is 19.7. The van der Waals surface area contributed by atoms with Crippen molar-refractivity contribution in [1.29, 1.82) is 0 Å². The molecule has 156 valence electrons. The van der Waals surface area contributed by atoms with Gasteiger partial charge in [-0.2, -0.15) is 0 Å². The van der Waals surface area contributed by atoms with Gasteiger partial charge >= 0.3 is 0 Å². The maximum Gasteiger partial charge on any atom is 0.276 e. The van der Waals surface area contributed by atoms with Crippen LogP contribution in [0, 0.1) is 0 Å². The third-order valence-corrected chi connectivity index (χ3v) is 5.33. The summed E-state index contributed by atoms with van der Waals surface area (Å²) in [6.45, 7) is 5.79. The Bertz CT molecular complexity index is 872. The van der Waals surface area contributed by atoms with Gasteiger partial charge in [-0.15, -0.1) is 0 Å². The van der Waals surface area contributed by atoms with E-state index in [0.29, 0.717) is 17.4 Å². The molecule has 0 atom stereocenters. The molecule has 29 heavy (non-hydrogen) atoms. The summed E-state index contributed by atoms with van der Waals surface area (Å²) < 4.78 is 12.5. The fourth-order valence-electron chi connectivity index (χ4n) is 2.37. The molecule has 8 heteroatoms. The number of ether oxygens (including phenoxy) is 2. The van der Waals surface area contributed by atoms with Crippen LogP contribution in [0.4, 0.5) is 0 Å². The fraction of sp³-hybridized carbons (Fsp3) is 0.333. The molecule has 0 aliphatic rings. The van der Waals surface area contributed by atoms with E-state index in [-0.39, 0.29) is 13.2 Å². The highest BCUT2D eigenvalue weighted by Gasteiger charge is 2.10. The second-order valence-corrected chi connectivity index (χ2v) is 8.35. The topological polar surface area (TPSA) is 76.7 Å². The van der Waals surface area contributed by atoms with E-state index in [1.807, 2.05) is 24.3 Å². The van der Waals surface area contributed by atoms with Gasteiger partial charge in [-0.25, -0.2) is 0 Å².